The molecule has 0 fully saturated rings. The molecular weight excluding hydrogens is 422 g/mol. The number of hydrogen-bond acceptors (Lipinski definition) is 5. The third-order valence-electron chi connectivity index (χ3n) is 4.81. The summed E-state index contributed by atoms with van der Waals surface area (Å²) in [5.41, 5.74) is 5.75. The van der Waals surface area contributed by atoms with Crippen molar-refractivity contribution in [3.63, 3.8) is 0 Å². The van der Waals surface area contributed by atoms with Gasteiger partial charge in [-0.25, -0.2) is 4.99 Å². The van der Waals surface area contributed by atoms with Crippen LogP contribution in [0.5, 0.6) is 0 Å². The Hall–Kier alpha value is -2.83. The van der Waals surface area contributed by atoms with Crippen LogP contribution >= 0.6 is 23.5 Å². The van der Waals surface area contributed by atoms with Crippen molar-refractivity contribution in [3.05, 3.63) is 83.9 Å². The van der Waals surface area contributed by atoms with E-state index in [-0.39, 0.29) is 5.91 Å². The van der Waals surface area contributed by atoms with E-state index >= 15 is 0 Å². The van der Waals surface area contributed by atoms with Gasteiger partial charge in [-0.3, -0.25) is 9.79 Å². The van der Waals surface area contributed by atoms with Crippen molar-refractivity contribution in [3.8, 4) is 0 Å². The molecule has 0 atom stereocenters. The molecular formula is C25H23N3OS2. The van der Waals surface area contributed by atoms with Gasteiger partial charge in [0.05, 0.1) is 27.9 Å². The Morgan fingerprint density at radius 2 is 1.71 bits per heavy atom. The number of para-hydroxylation sites is 2. The number of carbonyl (C=O) groups excluding carboxylic acids is 1. The molecule has 0 unspecified atom stereocenters. The number of rotatable bonds is 5. The number of anilines is 1. The van der Waals surface area contributed by atoms with Gasteiger partial charge in [-0.15, -0.1) is 23.5 Å². The first-order valence-corrected chi connectivity index (χ1v) is 12.2. The molecule has 0 bridgehead atoms. The molecule has 4 rings (SSSR count). The minimum absolute atomic E-state index is 0.0442. The van der Waals surface area contributed by atoms with Crippen molar-refractivity contribution in [1.82, 2.24) is 0 Å². The molecule has 0 saturated carbocycles. The number of thioether (sulfide) groups is 2. The molecule has 3 aromatic carbocycles. The second kappa shape index (κ2) is 9.98. The first-order valence-electron chi connectivity index (χ1n) is 9.98. The second-order valence-corrected chi connectivity index (χ2v) is 9.09. The number of nitrogens with zero attached hydrogens (tertiary/aromatic N) is 2. The lowest BCUT2D eigenvalue weighted by molar-refractivity contribution is -0.113. The van der Waals surface area contributed by atoms with Crippen LogP contribution in [-0.2, 0) is 4.79 Å². The highest BCUT2D eigenvalue weighted by Gasteiger charge is 2.16. The summed E-state index contributed by atoms with van der Waals surface area (Å²) in [6.45, 7) is 2.07. The molecule has 0 saturated heterocycles. The molecule has 31 heavy (non-hydrogen) atoms. The molecule has 4 nitrogen and oxygen atoms in total. The van der Waals surface area contributed by atoms with Crippen LogP contribution in [0.15, 0.2) is 87.7 Å². The topological polar surface area (TPSA) is 53.8 Å². The van der Waals surface area contributed by atoms with Crippen LogP contribution < -0.4 is 5.32 Å². The van der Waals surface area contributed by atoms with Crippen LogP contribution in [0.25, 0.3) is 0 Å². The second-order valence-electron chi connectivity index (χ2n) is 7.16. The molecule has 1 amide bonds. The molecule has 1 aliphatic heterocycles. The Labute approximate surface area is 191 Å². The largest absolute Gasteiger partial charge is 0.325 e. The molecule has 1 aliphatic rings. The maximum atomic E-state index is 12.6. The van der Waals surface area contributed by atoms with Gasteiger partial charge < -0.3 is 5.32 Å². The molecule has 3 aromatic rings. The Morgan fingerprint density at radius 3 is 2.45 bits per heavy atom. The van der Waals surface area contributed by atoms with Gasteiger partial charge in [0.2, 0.25) is 5.91 Å². The fourth-order valence-corrected chi connectivity index (χ4v) is 4.43. The van der Waals surface area contributed by atoms with Crippen molar-refractivity contribution in [2.45, 2.75) is 18.2 Å². The van der Waals surface area contributed by atoms with Crippen LogP contribution in [0.4, 0.5) is 17.1 Å². The predicted molar refractivity (Wildman–Crippen MR) is 135 cm³/mol. The normalized spacial score (nSPS) is 13.0. The average molecular weight is 446 g/mol. The zero-order valence-corrected chi connectivity index (χ0v) is 19.1. The summed E-state index contributed by atoms with van der Waals surface area (Å²) in [6.07, 6.45) is 2.61. The standard InChI is InChI=1S/C25H23N3OS2/c1-17-10-12-18(13-11-17)23-15-25(28-22-9-4-3-8-21(22)27-23)31-16-24(29)26-19-6-5-7-20(14-19)30-2/h3-14H,15-16H2,1-2H3,(H,26,29). The van der Waals surface area contributed by atoms with E-state index in [4.69, 9.17) is 9.98 Å². The van der Waals surface area contributed by atoms with E-state index in [0.29, 0.717) is 12.2 Å². The van der Waals surface area contributed by atoms with E-state index in [1.54, 1.807) is 11.8 Å². The fourth-order valence-electron chi connectivity index (χ4n) is 3.20. The predicted octanol–water partition coefficient (Wildman–Crippen LogP) is 6.64. The van der Waals surface area contributed by atoms with Gasteiger partial charge in [0.1, 0.15) is 0 Å². The highest BCUT2D eigenvalue weighted by molar-refractivity contribution is 8.14. The van der Waals surface area contributed by atoms with E-state index in [0.717, 1.165) is 38.3 Å². The Bertz CT molecular complexity index is 1150. The number of carbonyl (C=O) groups is 1. The molecule has 1 heterocycles. The summed E-state index contributed by atoms with van der Waals surface area (Å²) < 4.78 is 0. The molecule has 0 radical (unpaired) electrons. The number of amides is 1. The lowest BCUT2D eigenvalue weighted by atomic mass is 10.1. The lowest BCUT2D eigenvalue weighted by Crippen LogP contribution is -2.16. The minimum Gasteiger partial charge on any atom is -0.325 e. The number of aliphatic imine (C=N–C) groups is 2. The van der Waals surface area contributed by atoms with Crippen molar-refractivity contribution >= 4 is 57.2 Å². The zero-order chi connectivity index (χ0) is 21.6. The minimum atomic E-state index is -0.0442. The van der Waals surface area contributed by atoms with Crippen molar-refractivity contribution < 1.29 is 4.79 Å². The molecule has 156 valence electrons. The van der Waals surface area contributed by atoms with Gasteiger partial charge in [-0.1, -0.05) is 48.0 Å². The first-order chi connectivity index (χ1) is 15.1. The summed E-state index contributed by atoms with van der Waals surface area (Å²) >= 11 is 3.12. The van der Waals surface area contributed by atoms with Gasteiger partial charge in [-0.05, 0) is 49.1 Å². The van der Waals surface area contributed by atoms with Crippen LogP contribution in [0.3, 0.4) is 0 Å². The number of fused-ring (bicyclic) bond motifs is 1. The number of benzene rings is 3. The van der Waals surface area contributed by atoms with Crippen molar-refractivity contribution in [2.75, 3.05) is 17.3 Å². The number of nitrogens with one attached hydrogen (secondary N) is 1. The average Bonchev–Trinajstić information content (AvgIpc) is 2.97. The monoisotopic (exact) mass is 445 g/mol. The van der Waals surface area contributed by atoms with E-state index in [1.165, 1.54) is 17.3 Å². The molecule has 0 aromatic heterocycles. The van der Waals surface area contributed by atoms with Crippen LogP contribution in [0, 0.1) is 6.92 Å². The first kappa shape index (κ1) is 21.4. The van der Waals surface area contributed by atoms with Gasteiger partial charge in [0, 0.05) is 17.0 Å². The highest BCUT2D eigenvalue weighted by Crippen LogP contribution is 2.33. The smallest absolute Gasteiger partial charge is 0.234 e. The molecule has 0 spiro atoms. The van der Waals surface area contributed by atoms with Gasteiger partial charge in [-0.2, -0.15) is 0 Å². The van der Waals surface area contributed by atoms with Gasteiger partial charge in [0.15, 0.2) is 0 Å². The van der Waals surface area contributed by atoms with Gasteiger partial charge in [0.25, 0.3) is 0 Å². The molecule has 1 N–H and O–H groups in total. The molecule has 6 heteroatoms. The van der Waals surface area contributed by atoms with Crippen molar-refractivity contribution in [1.29, 1.82) is 0 Å². The van der Waals surface area contributed by atoms with E-state index in [2.05, 4.69) is 36.5 Å². The maximum Gasteiger partial charge on any atom is 0.234 e. The van der Waals surface area contributed by atoms with E-state index in [1.807, 2.05) is 54.8 Å². The van der Waals surface area contributed by atoms with Crippen LogP contribution in [-0.4, -0.2) is 28.7 Å². The summed E-state index contributed by atoms with van der Waals surface area (Å²) in [5, 5.41) is 3.87. The van der Waals surface area contributed by atoms with Crippen LogP contribution in [0.1, 0.15) is 17.5 Å². The lowest BCUT2D eigenvalue weighted by Gasteiger charge is -2.09. The SMILES string of the molecule is CSc1cccc(NC(=O)CSC2=Nc3ccccc3N=C(c3ccc(C)cc3)C2)c1. The summed E-state index contributed by atoms with van der Waals surface area (Å²) in [7, 11) is 0. The Balaban J connectivity index is 1.51. The summed E-state index contributed by atoms with van der Waals surface area (Å²) in [4.78, 5) is 23.4. The fraction of sp³-hybridized carbons (Fsp3) is 0.160. The van der Waals surface area contributed by atoms with Gasteiger partial charge >= 0.3 is 0 Å². The summed E-state index contributed by atoms with van der Waals surface area (Å²) in [6, 6.07) is 24.1. The third kappa shape index (κ3) is 5.66. The zero-order valence-electron chi connectivity index (χ0n) is 17.5. The number of hydrogen-bond donors (Lipinski definition) is 1. The molecule has 0 aliphatic carbocycles. The van der Waals surface area contributed by atoms with E-state index < -0.39 is 0 Å². The maximum absolute atomic E-state index is 12.6. The number of aryl methyl sites for hydroxylation is 1. The van der Waals surface area contributed by atoms with Crippen molar-refractivity contribution in [2.24, 2.45) is 9.98 Å². The Morgan fingerprint density at radius 1 is 0.968 bits per heavy atom. The Kier molecular flexibility index (Phi) is 6.89. The van der Waals surface area contributed by atoms with E-state index in [9.17, 15) is 4.79 Å². The summed E-state index contributed by atoms with van der Waals surface area (Å²) in [5.74, 6) is 0.253. The van der Waals surface area contributed by atoms with Crippen LogP contribution in [0.2, 0.25) is 0 Å². The third-order valence-corrected chi connectivity index (χ3v) is 6.51. The highest BCUT2D eigenvalue weighted by atomic mass is 32.2. The quantitative estimate of drug-likeness (QED) is 0.448.